The van der Waals surface area contributed by atoms with Crippen LogP contribution in [-0.2, 0) is 27.4 Å². The Morgan fingerprint density at radius 2 is 1.61 bits per heavy atom. The van der Waals surface area contributed by atoms with Gasteiger partial charge in [0.15, 0.2) is 5.79 Å². The van der Waals surface area contributed by atoms with Crippen LogP contribution in [0, 0.1) is 0 Å². The first kappa shape index (κ1) is 24.3. The minimum absolute atomic E-state index is 0.103. The number of benzene rings is 3. The molecule has 3 atom stereocenters. The van der Waals surface area contributed by atoms with Gasteiger partial charge in [-0.05, 0) is 49.6 Å². The molecule has 2 aliphatic rings. The summed E-state index contributed by atoms with van der Waals surface area (Å²) < 4.78 is 24.3. The molecule has 3 aromatic rings. The summed E-state index contributed by atoms with van der Waals surface area (Å²) in [7, 11) is 0. The van der Waals surface area contributed by atoms with Crippen molar-refractivity contribution in [2.45, 2.75) is 57.5 Å². The Kier molecular flexibility index (Phi) is 6.96. The lowest BCUT2D eigenvalue weighted by atomic mass is 9.89. The quantitative estimate of drug-likeness (QED) is 0.481. The first-order valence-corrected chi connectivity index (χ1v) is 12.2. The van der Waals surface area contributed by atoms with Crippen LogP contribution < -0.4 is 9.64 Å². The molecule has 2 heterocycles. The average molecular weight is 490 g/mol. The van der Waals surface area contributed by atoms with Gasteiger partial charge in [0.25, 0.3) is 0 Å². The predicted molar refractivity (Wildman–Crippen MR) is 135 cm³/mol. The summed E-state index contributed by atoms with van der Waals surface area (Å²) in [4.78, 5) is 15.1. The fourth-order valence-electron chi connectivity index (χ4n) is 4.90. The van der Waals surface area contributed by atoms with Crippen molar-refractivity contribution in [3.8, 4) is 5.75 Å². The van der Waals surface area contributed by atoms with Crippen LogP contribution in [0.5, 0.6) is 5.75 Å². The van der Waals surface area contributed by atoms with Crippen LogP contribution in [0.1, 0.15) is 43.1 Å². The lowest BCUT2D eigenvalue weighted by molar-refractivity contribution is -0.148. The number of aliphatic hydroxyl groups excluding tert-OH is 1. The molecule has 0 spiro atoms. The third-order valence-corrected chi connectivity index (χ3v) is 6.48. The number of nitrogens with zero attached hydrogens (tertiary/aromatic N) is 1. The van der Waals surface area contributed by atoms with Crippen molar-refractivity contribution >= 4 is 11.8 Å². The van der Waals surface area contributed by atoms with Gasteiger partial charge in [-0.25, -0.2) is 4.79 Å². The summed E-state index contributed by atoms with van der Waals surface area (Å²) >= 11 is 0. The van der Waals surface area contributed by atoms with Gasteiger partial charge in [-0.3, -0.25) is 4.90 Å². The minimum Gasteiger partial charge on any atom is -0.489 e. The van der Waals surface area contributed by atoms with Gasteiger partial charge >= 0.3 is 6.09 Å². The molecular weight excluding hydrogens is 458 g/mol. The van der Waals surface area contributed by atoms with Crippen molar-refractivity contribution in [1.29, 1.82) is 0 Å². The van der Waals surface area contributed by atoms with Crippen LogP contribution >= 0.6 is 0 Å². The number of ether oxygens (including phenoxy) is 4. The monoisotopic (exact) mass is 489 g/mol. The Balaban J connectivity index is 1.46. The number of hydrogen-bond acceptors (Lipinski definition) is 6. The van der Waals surface area contributed by atoms with Crippen LogP contribution in [0.2, 0.25) is 0 Å². The van der Waals surface area contributed by atoms with Crippen LogP contribution in [0.4, 0.5) is 10.5 Å². The number of fused-ring (bicyclic) bond motifs is 3. The predicted octanol–water partition coefficient (Wildman–Crippen LogP) is 5.37. The van der Waals surface area contributed by atoms with E-state index in [9.17, 15) is 9.90 Å². The SMILES string of the molecule is CC1(C)O[C@@H]2[C@@H](O1)c1cc(OCc3ccccc3)ccc1N(C(=O)OCc1ccccc1)[C@H]2CCO. The molecule has 1 N–H and O–H groups in total. The van der Waals surface area contributed by atoms with Crippen LogP contribution in [-0.4, -0.2) is 35.7 Å². The Hall–Kier alpha value is -3.39. The van der Waals surface area contributed by atoms with Gasteiger partial charge in [0.1, 0.15) is 31.2 Å². The molecule has 2 aliphatic heterocycles. The second-order valence-corrected chi connectivity index (χ2v) is 9.51. The summed E-state index contributed by atoms with van der Waals surface area (Å²) in [6.45, 7) is 4.18. The molecule has 3 aromatic carbocycles. The zero-order chi connectivity index (χ0) is 25.1. The third kappa shape index (κ3) is 5.09. The maximum atomic E-state index is 13.5. The second kappa shape index (κ2) is 10.3. The van der Waals surface area contributed by atoms with E-state index in [1.807, 2.05) is 92.7 Å². The third-order valence-electron chi connectivity index (χ3n) is 6.48. The first-order valence-electron chi connectivity index (χ1n) is 12.2. The molecule has 0 bridgehead atoms. The van der Waals surface area contributed by atoms with E-state index in [1.165, 1.54) is 0 Å². The van der Waals surface area contributed by atoms with Crippen molar-refractivity contribution in [3.63, 3.8) is 0 Å². The van der Waals surface area contributed by atoms with Crippen LogP contribution in [0.25, 0.3) is 0 Å². The summed E-state index contributed by atoms with van der Waals surface area (Å²) in [5, 5.41) is 9.85. The highest BCUT2D eigenvalue weighted by Gasteiger charge is 2.53. The van der Waals surface area contributed by atoms with Crippen molar-refractivity contribution < 1.29 is 28.8 Å². The van der Waals surface area contributed by atoms with Crippen LogP contribution in [0.3, 0.4) is 0 Å². The van der Waals surface area contributed by atoms with Gasteiger partial charge in [-0.1, -0.05) is 60.7 Å². The lowest BCUT2D eigenvalue weighted by Crippen LogP contribution is -2.53. The molecule has 1 fully saturated rings. The Labute approximate surface area is 211 Å². The average Bonchev–Trinajstić information content (AvgIpc) is 3.23. The van der Waals surface area contributed by atoms with Gasteiger partial charge in [-0.15, -0.1) is 0 Å². The van der Waals surface area contributed by atoms with E-state index in [0.717, 1.165) is 16.7 Å². The van der Waals surface area contributed by atoms with E-state index in [-0.39, 0.29) is 13.2 Å². The van der Waals surface area contributed by atoms with Crippen molar-refractivity contribution in [2.75, 3.05) is 11.5 Å². The molecule has 0 saturated carbocycles. The Bertz CT molecular complexity index is 1180. The number of amides is 1. The number of carbonyl (C=O) groups is 1. The molecule has 1 amide bonds. The highest BCUT2D eigenvalue weighted by atomic mass is 16.8. The number of carbonyl (C=O) groups excluding carboxylic acids is 1. The van der Waals surface area contributed by atoms with Crippen molar-refractivity contribution in [2.24, 2.45) is 0 Å². The number of rotatable bonds is 7. The van der Waals surface area contributed by atoms with Gasteiger partial charge in [0.05, 0.1) is 11.7 Å². The summed E-state index contributed by atoms with van der Waals surface area (Å²) in [5.41, 5.74) is 3.41. The molecule has 7 nitrogen and oxygen atoms in total. The van der Waals surface area contributed by atoms with E-state index in [4.69, 9.17) is 18.9 Å². The molecule has 5 rings (SSSR count). The fraction of sp³-hybridized carbons (Fsp3) is 0.345. The van der Waals surface area contributed by atoms with Gasteiger partial charge in [0.2, 0.25) is 0 Å². The zero-order valence-corrected chi connectivity index (χ0v) is 20.5. The topological polar surface area (TPSA) is 77.5 Å². The van der Waals surface area contributed by atoms with E-state index in [1.54, 1.807) is 4.90 Å². The number of hydrogen-bond donors (Lipinski definition) is 1. The highest BCUT2D eigenvalue weighted by molar-refractivity contribution is 5.90. The summed E-state index contributed by atoms with van der Waals surface area (Å²) in [6.07, 6.45) is -1.05. The van der Waals surface area contributed by atoms with E-state index < -0.39 is 30.1 Å². The standard InChI is InChI=1S/C29H31NO6/c1-29(2)35-26-23-17-22(33-18-20-9-5-3-6-10-20)13-14-24(23)30(25(15-16-31)27(26)36-29)28(32)34-19-21-11-7-4-8-12-21/h3-14,17,25-27,31H,15-16,18-19H2,1-2H3/t25-,26-,27-/m0/s1. The van der Waals surface area contributed by atoms with Gasteiger partial charge in [0, 0.05) is 12.2 Å². The molecule has 0 aliphatic carbocycles. The maximum Gasteiger partial charge on any atom is 0.414 e. The van der Waals surface area contributed by atoms with Gasteiger partial charge in [-0.2, -0.15) is 0 Å². The number of aliphatic hydroxyl groups is 1. The molecule has 0 radical (unpaired) electrons. The largest absolute Gasteiger partial charge is 0.489 e. The van der Waals surface area contributed by atoms with Crippen molar-refractivity contribution in [1.82, 2.24) is 0 Å². The molecule has 188 valence electrons. The maximum absolute atomic E-state index is 13.5. The molecule has 0 aromatic heterocycles. The summed E-state index contributed by atoms with van der Waals surface area (Å²) in [5.74, 6) is -0.173. The lowest BCUT2D eigenvalue weighted by Gasteiger charge is -2.41. The first-order chi connectivity index (χ1) is 17.4. The molecule has 7 heteroatoms. The normalized spacial score (nSPS) is 22.0. The number of anilines is 1. The van der Waals surface area contributed by atoms with E-state index in [0.29, 0.717) is 24.5 Å². The Morgan fingerprint density at radius 3 is 2.28 bits per heavy atom. The molecule has 36 heavy (non-hydrogen) atoms. The van der Waals surface area contributed by atoms with E-state index in [2.05, 4.69) is 0 Å². The zero-order valence-electron chi connectivity index (χ0n) is 20.5. The second-order valence-electron chi connectivity index (χ2n) is 9.51. The molecular formula is C29H31NO6. The smallest absolute Gasteiger partial charge is 0.414 e. The molecule has 0 unspecified atom stereocenters. The van der Waals surface area contributed by atoms with E-state index >= 15 is 0 Å². The summed E-state index contributed by atoms with van der Waals surface area (Å²) in [6, 6.07) is 24.6. The van der Waals surface area contributed by atoms with Gasteiger partial charge < -0.3 is 24.1 Å². The Morgan fingerprint density at radius 1 is 0.944 bits per heavy atom. The highest BCUT2D eigenvalue weighted by Crippen LogP contribution is 2.50. The van der Waals surface area contributed by atoms with Crippen LogP contribution in [0.15, 0.2) is 78.9 Å². The van der Waals surface area contributed by atoms with Crippen molar-refractivity contribution in [3.05, 3.63) is 95.6 Å². The minimum atomic E-state index is -0.842. The molecule has 1 saturated heterocycles. The fourth-order valence-corrected chi connectivity index (χ4v) is 4.90.